The average Bonchev–Trinajstić information content (AvgIpc) is 2.77. The van der Waals surface area contributed by atoms with E-state index in [0.29, 0.717) is 5.15 Å². The summed E-state index contributed by atoms with van der Waals surface area (Å²) in [6.07, 6.45) is 16.5. The Morgan fingerprint density at radius 2 is 1.30 bits per heavy atom. The highest BCUT2D eigenvalue weighted by atomic mass is 35.5. The second-order valence-electron chi connectivity index (χ2n) is 8.30. The molecule has 0 atom stereocenters. The zero-order chi connectivity index (χ0) is 21.4. The Labute approximate surface area is 189 Å². The maximum absolute atomic E-state index is 6.47. The molecule has 0 saturated heterocycles. The zero-order valence-corrected chi connectivity index (χ0v) is 19.9. The fourth-order valence-corrected chi connectivity index (χ4v) is 3.95. The molecule has 3 heteroatoms. The van der Waals surface area contributed by atoms with Gasteiger partial charge in [0.2, 0.25) is 0 Å². The van der Waals surface area contributed by atoms with E-state index in [1.807, 2.05) is 12.1 Å². The number of rotatable bonds is 16. The quantitative estimate of drug-likeness (QED) is 0.196. The van der Waals surface area contributed by atoms with Gasteiger partial charge in [-0.3, -0.25) is 0 Å². The lowest BCUT2D eigenvalue weighted by Gasteiger charge is -2.09. The van der Waals surface area contributed by atoms with Gasteiger partial charge >= 0.3 is 0 Å². The number of benzene rings is 1. The minimum atomic E-state index is 0.643. The van der Waals surface area contributed by atoms with Crippen LogP contribution in [0.2, 0.25) is 5.15 Å². The van der Waals surface area contributed by atoms with Gasteiger partial charge in [-0.1, -0.05) is 95.7 Å². The van der Waals surface area contributed by atoms with Crippen LogP contribution in [0.5, 0.6) is 5.75 Å². The first-order valence-electron chi connectivity index (χ1n) is 12.1. The summed E-state index contributed by atoms with van der Waals surface area (Å²) in [7, 11) is 0. The van der Waals surface area contributed by atoms with E-state index in [1.165, 1.54) is 70.6 Å². The first kappa shape index (κ1) is 24.7. The van der Waals surface area contributed by atoms with Crippen molar-refractivity contribution in [3.8, 4) is 17.0 Å². The van der Waals surface area contributed by atoms with Crippen LogP contribution in [0.1, 0.15) is 96.5 Å². The normalized spacial score (nSPS) is 11.0. The molecule has 0 N–H and O–H groups in total. The fraction of sp³-hybridized carbons (Fsp3) is 0.593. The average molecular weight is 430 g/mol. The van der Waals surface area contributed by atoms with Gasteiger partial charge in [-0.2, -0.15) is 0 Å². The van der Waals surface area contributed by atoms with Crippen molar-refractivity contribution in [2.24, 2.45) is 0 Å². The van der Waals surface area contributed by atoms with E-state index in [9.17, 15) is 0 Å². The predicted octanol–water partition coefficient (Wildman–Crippen LogP) is 9.04. The molecule has 0 aliphatic heterocycles. The topological polar surface area (TPSA) is 22.1 Å². The molecule has 0 aliphatic carbocycles. The third-order valence-corrected chi connectivity index (χ3v) is 5.97. The van der Waals surface area contributed by atoms with Crippen molar-refractivity contribution in [3.05, 3.63) is 47.1 Å². The highest BCUT2D eigenvalue weighted by Gasteiger charge is 2.06. The van der Waals surface area contributed by atoms with Crippen molar-refractivity contribution in [1.82, 2.24) is 4.98 Å². The third kappa shape index (κ3) is 9.51. The van der Waals surface area contributed by atoms with Crippen molar-refractivity contribution in [2.45, 2.75) is 97.3 Å². The molecule has 2 aromatic rings. The van der Waals surface area contributed by atoms with Crippen LogP contribution in [0, 0.1) is 0 Å². The summed E-state index contributed by atoms with van der Waals surface area (Å²) in [5, 5.41) is 0.643. The van der Waals surface area contributed by atoms with Gasteiger partial charge in [0.15, 0.2) is 0 Å². The minimum absolute atomic E-state index is 0.643. The molecule has 2 rings (SSSR count). The van der Waals surface area contributed by atoms with Gasteiger partial charge in [0.1, 0.15) is 10.9 Å². The standard InChI is InChI=1S/C27H40ClNO/c1-3-5-7-9-11-13-15-24-18-21-26(29-27(24)28)23-16-19-25(20-17-23)30-22-14-12-10-8-6-4-2/h16-21H,3-15,22H2,1-2H3. The lowest BCUT2D eigenvalue weighted by Crippen LogP contribution is -1.97. The summed E-state index contributed by atoms with van der Waals surface area (Å²) in [6, 6.07) is 12.4. The lowest BCUT2D eigenvalue weighted by atomic mass is 10.0. The Morgan fingerprint density at radius 1 is 0.700 bits per heavy atom. The highest BCUT2D eigenvalue weighted by Crippen LogP contribution is 2.25. The van der Waals surface area contributed by atoms with Gasteiger partial charge in [-0.05, 0) is 55.2 Å². The van der Waals surface area contributed by atoms with Gasteiger partial charge in [0.25, 0.3) is 0 Å². The van der Waals surface area contributed by atoms with Crippen LogP contribution in [0.15, 0.2) is 36.4 Å². The number of unbranched alkanes of at least 4 members (excludes halogenated alkanes) is 10. The van der Waals surface area contributed by atoms with Crippen LogP contribution in [-0.4, -0.2) is 11.6 Å². The number of aromatic nitrogens is 1. The van der Waals surface area contributed by atoms with Crippen molar-refractivity contribution in [2.75, 3.05) is 6.61 Å². The molecule has 1 aromatic carbocycles. The summed E-state index contributed by atoms with van der Waals surface area (Å²) in [6.45, 7) is 5.30. The SMILES string of the molecule is CCCCCCCCOc1ccc(-c2ccc(CCCCCCCC)c(Cl)n2)cc1. The molecular weight excluding hydrogens is 390 g/mol. The molecule has 1 heterocycles. The smallest absolute Gasteiger partial charge is 0.132 e. The fourth-order valence-electron chi connectivity index (χ4n) is 3.70. The van der Waals surface area contributed by atoms with Gasteiger partial charge in [-0.15, -0.1) is 0 Å². The van der Waals surface area contributed by atoms with E-state index in [2.05, 4.69) is 43.1 Å². The Morgan fingerprint density at radius 3 is 1.93 bits per heavy atom. The molecule has 0 saturated carbocycles. The second kappa shape index (κ2) is 15.3. The Hall–Kier alpha value is -1.54. The molecule has 0 fully saturated rings. The van der Waals surface area contributed by atoms with Crippen molar-refractivity contribution in [1.29, 1.82) is 0 Å². The maximum atomic E-state index is 6.47. The predicted molar refractivity (Wildman–Crippen MR) is 131 cm³/mol. The van der Waals surface area contributed by atoms with Crippen LogP contribution in [0.3, 0.4) is 0 Å². The van der Waals surface area contributed by atoms with Crippen LogP contribution in [-0.2, 0) is 6.42 Å². The van der Waals surface area contributed by atoms with Crippen LogP contribution in [0.25, 0.3) is 11.3 Å². The van der Waals surface area contributed by atoms with E-state index < -0.39 is 0 Å². The molecule has 0 amide bonds. The van der Waals surface area contributed by atoms with Crippen LogP contribution >= 0.6 is 11.6 Å². The first-order valence-corrected chi connectivity index (χ1v) is 12.5. The number of ether oxygens (including phenoxy) is 1. The molecule has 1 aromatic heterocycles. The lowest BCUT2D eigenvalue weighted by molar-refractivity contribution is 0.304. The summed E-state index contributed by atoms with van der Waals surface area (Å²) < 4.78 is 5.88. The van der Waals surface area contributed by atoms with E-state index in [-0.39, 0.29) is 0 Å². The maximum Gasteiger partial charge on any atom is 0.132 e. The monoisotopic (exact) mass is 429 g/mol. The molecule has 2 nitrogen and oxygen atoms in total. The van der Waals surface area contributed by atoms with E-state index in [4.69, 9.17) is 16.3 Å². The van der Waals surface area contributed by atoms with Gasteiger partial charge in [-0.25, -0.2) is 4.98 Å². The Kier molecular flexibility index (Phi) is 12.6. The van der Waals surface area contributed by atoms with E-state index in [0.717, 1.165) is 42.0 Å². The number of hydrogen-bond donors (Lipinski definition) is 0. The first-order chi connectivity index (χ1) is 14.7. The molecule has 0 bridgehead atoms. The number of nitrogens with zero attached hydrogens (tertiary/aromatic N) is 1. The van der Waals surface area contributed by atoms with Crippen LogP contribution < -0.4 is 4.74 Å². The molecule has 166 valence electrons. The Bertz CT molecular complexity index is 699. The molecular formula is C27H40ClNO. The van der Waals surface area contributed by atoms with Gasteiger partial charge in [0, 0.05) is 5.56 Å². The molecule has 0 radical (unpaired) electrons. The van der Waals surface area contributed by atoms with E-state index in [1.54, 1.807) is 0 Å². The number of halogens is 1. The van der Waals surface area contributed by atoms with Crippen LogP contribution in [0.4, 0.5) is 0 Å². The molecule has 0 aliphatic rings. The van der Waals surface area contributed by atoms with Crippen molar-refractivity contribution >= 4 is 11.6 Å². The molecule has 0 spiro atoms. The number of hydrogen-bond acceptors (Lipinski definition) is 2. The van der Waals surface area contributed by atoms with Gasteiger partial charge < -0.3 is 4.74 Å². The van der Waals surface area contributed by atoms with E-state index >= 15 is 0 Å². The largest absolute Gasteiger partial charge is 0.494 e. The van der Waals surface area contributed by atoms with Gasteiger partial charge in [0.05, 0.1) is 12.3 Å². The summed E-state index contributed by atoms with van der Waals surface area (Å²) >= 11 is 6.47. The van der Waals surface area contributed by atoms with Crippen molar-refractivity contribution < 1.29 is 4.74 Å². The number of aryl methyl sites for hydroxylation is 1. The molecule has 30 heavy (non-hydrogen) atoms. The summed E-state index contributed by atoms with van der Waals surface area (Å²) in [5.41, 5.74) is 3.17. The zero-order valence-electron chi connectivity index (χ0n) is 19.1. The minimum Gasteiger partial charge on any atom is -0.494 e. The summed E-state index contributed by atoms with van der Waals surface area (Å²) in [4.78, 5) is 4.64. The third-order valence-electron chi connectivity index (χ3n) is 5.64. The number of pyridine rings is 1. The summed E-state index contributed by atoms with van der Waals surface area (Å²) in [5.74, 6) is 0.929. The molecule has 0 unspecified atom stereocenters. The van der Waals surface area contributed by atoms with Crippen molar-refractivity contribution in [3.63, 3.8) is 0 Å². The Balaban J connectivity index is 1.75. The second-order valence-corrected chi connectivity index (χ2v) is 8.66. The highest BCUT2D eigenvalue weighted by molar-refractivity contribution is 6.30.